The molecule has 1 aliphatic heterocycles. The Hall–Kier alpha value is -1.33. The largest absolute Gasteiger partial charge is 0.494 e. The highest BCUT2D eigenvalue weighted by molar-refractivity contribution is 5.51. The van der Waals surface area contributed by atoms with E-state index in [1.165, 1.54) is 13.2 Å². The summed E-state index contributed by atoms with van der Waals surface area (Å²) in [6.45, 7) is 5.50. The molecular formula is C16H25FN2O2. The third-order valence-corrected chi connectivity index (χ3v) is 4.20. The van der Waals surface area contributed by atoms with Crippen molar-refractivity contribution in [1.82, 2.24) is 0 Å². The Kier molecular flexibility index (Phi) is 5.06. The van der Waals surface area contributed by atoms with Crippen molar-refractivity contribution in [2.45, 2.75) is 38.3 Å². The van der Waals surface area contributed by atoms with Crippen LogP contribution in [-0.2, 0) is 4.74 Å². The first-order valence-corrected chi connectivity index (χ1v) is 7.43. The van der Waals surface area contributed by atoms with Gasteiger partial charge in [0.05, 0.1) is 18.8 Å². The topological polar surface area (TPSA) is 56.5 Å². The number of methoxy groups -OCH3 is 1. The van der Waals surface area contributed by atoms with E-state index in [4.69, 9.17) is 15.2 Å². The Balaban J connectivity index is 2.18. The molecule has 0 aromatic heterocycles. The van der Waals surface area contributed by atoms with Crippen molar-refractivity contribution < 1.29 is 13.9 Å². The average Bonchev–Trinajstić information content (AvgIpc) is 2.49. The van der Waals surface area contributed by atoms with Gasteiger partial charge in [0, 0.05) is 24.9 Å². The van der Waals surface area contributed by atoms with E-state index in [9.17, 15) is 4.39 Å². The van der Waals surface area contributed by atoms with E-state index >= 15 is 0 Å². The zero-order valence-electron chi connectivity index (χ0n) is 13.0. The summed E-state index contributed by atoms with van der Waals surface area (Å²) in [4.78, 5) is 0. The zero-order valence-corrected chi connectivity index (χ0v) is 13.0. The van der Waals surface area contributed by atoms with Crippen LogP contribution in [0.25, 0.3) is 0 Å². The van der Waals surface area contributed by atoms with Gasteiger partial charge in [-0.25, -0.2) is 4.39 Å². The molecule has 0 bridgehead atoms. The SMILES string of the molecule is COc1cc(NC2(CN)CCOC(C(C)C)C2)ccc1F. The number of nitrogens with one attached hydrogen (secondary N) is 1. The summed E-state index contributed by atoms with van der Waals surface area (Å²) in [7, 11) is 1.46. The first-order valence-electron chi connectivity index (χ1n) is 7.43. The third kappa shape index (κ3) is 3.66. The van der Waals surface area contributed by atoms with E-state index in [1.807, 2.05) is 0 Å². The molecule has 1 aromatic carbocycles. The van der Waals surface area contributed by atoms with Gasteiger partial charge in [-0.3, -0.25) is 0 Å². The van der Waals surface area contributed by atoms with Crippen LogP contribution in [0.15, 0.2) is 18.2 Å². The molecule has 3 N–H and O–H groups in total. The van der Waals surface area contributed by atoms with E-state index in [-0.39, 0.29) is 23.2 Å². The molecule has 0 amide bonds. The van der Waals surface area contributed by atoms with Gasteiger partial charge in [0.1, 0.15) is 0 Å². The summed E-state index contributed by atoms with van der Waals surface area (Å²) in [5.74, 6) is 0.317. The second-order valence-electron chi connectivity index (χ2n) is 6.07. The summed E-state index contributed by atoms with van der Waals surface area (Å²) < 4.78 is 24.3. The molecule has 1 aliphatic rings. The fourth-order valence-corrected chi connectivity index (χ4v) is 2.77. The summed E-state index contributed by atoms with van der Waals surface area (Å²) in [6.07, 6.45) is 1.88. The van der Waals surface area contributed by atoms with Crippen molar-refractivity contribution in [3.8, 4) is 5.75 Å². The highest BCUT2D eigenvalue weighted by Gasteiger charge is 2.37. The van der Waals surface area contributed by atoms with Gasteiger partial charge in [0.2, 0.25) is 0 Å². The summed E-state index contributed by atoms with van der Waals surface area (Å²) >= 11 is 0. The van der Waals surface area contributed by atoms with Crippen LogP contribution in [0.4, 0.5) is 10.1 Å². The lowest BCUT2D eigenvalue weighted by Crippen LogP contribution is -2.53. The van der Waals surface area contributed by atoms with Gasteiger partial charge in [0.15, 0.2) is 11.6 Å². The van der Waals surface area contributed by atoms with Crippen molar-refractivity contribution in [1.29, 1.82) is 0 Å². The quantitative estimate of drug-likeness (QED) is 0.877. The molecule has 5 heteroatoms. The van der Waals surface area contributed by atoms with E-state index in [1.54, 1.807) is 12.1 Å². The fraction of sp³-hybridized carbons (Fsp3) is 0.625. The van der Waals surface area contributed by atoms with Crippen LogP contribution < -0.4 is 15.8 Å². The fourth-order valence-electron chi connectivity index (χ4n) is 2.77. The highest BCUT2D eigenvalue weighted by Crippen LogP contribution is 2.32. The van der Waals surface area contributed by atoms with Gasteiger partial charge in [0.25, 0.3) is 0 Å². The highest BCUT2D eigenvalue weighted by atomic mass is 19.1. The van der Waals surface area contributed by atoms with E-state index in [0.717, 1.165) is 18.5 Å². The van der Waals surface area contributed by atoms with Crippen molar-refractivity contribution in [2.75, 3.05) is 25.6 Å². The lowest BCUT2D eigenvalue weighted by atomic mass is 9.83. The van der Waals surface area contributed by atoms with E-state index in [2.05, 4.69) is 19.2 Å². The molecule has 2 rings (SSSR count). The van der Waals surface area contributed by atoms with Crippen molar-refractivity contribution in [2.24, 2.45) is 11.7 Å². The minimum atomic E-state index is -0.364. The number of benzene rings is 1. The van der Waals surface area contributed by atoms with Crippen molar-refractivity contribution in [3.63, 3.8) is 0 Å². The van der Waals surface area contributed by atoms with Crippen LogP contribution in [0, 0.1) is 11.7 Å². The smallest absolute Gasteiger partial charge is 0.165 e. The number of hydrogen-bond donors (Lipinski definition) is 2. The monoisotopic (exact) mass is 296 g/mol. The predicted molar refractivity (Wildman–Crippen MR) is 82.2 cm³/mol. The first kappa shape index (κ1) is 16.0. The van der Waals surface area contributed by atoms with Crippen molar-refractivity contribution in [3.05, 3.63) is 24.0 Å². The molecule has 0 aliphatic carbocycles. The Morgan fingerprint density at radius 2 is 2.29 bits per heavy atom. The molecule has 4 nitrogen and oxygen atoms in total. The van der Waals surface area contributed by atoms with E-state index < -0.39 is 0 Å². The van der Waals surface area contributed by atoms with Crippen LogP contribution in [0.5, 0.6) is 5.75 Å². The Morgan fingerprint density at radius 1 is 1.52 bits per heavy atom. The number of halogens is 1. The van der Waals surface area contributed by atoms with Gasteiger partial charge in [-0.15, -0.1) is 0 Å². The lowest BCUT2D eigenvalue weighted by Gasteiger charge is -2.43. The normalized spacial score (nSPS) is 25.9. The van der Waals surface area contributed by atoms with Gasteiger partial charge in [-0.2, -0.15) is 0 Å². The molecule has 0 spiro atoms. The van der Waals surface area contributed by atoms with Gasteiger partial charge >= 0.3 is 0 Å². The van der Waals surface area contributed by atoms with Crippen LogP contribution in [0.1, 0.15) is 26.7 Å². The molecule has 1 heterocycles. The molecule has 118 valence electrons. The Morgan fingerprint density at radius 3 is 2.90 bits per heavy atom. The molecule has 0 saturated carbocycles. The number of nitrogens with two attached hydrogens (primary N) is 1. The average molecular weight is 296 g/mol. The number of hydrogen-bond acceptors (Lipinski definition) is 4. The predicted octanol–water partition coefficient (Wildman–Crippen LogP) is 2.78. The molecule has 2 atom stereocenters. The molecular weight excluding hydrogens is 271 g/mol. The van der Waals surface area contributed by atoms with Gasteiger partial charge in [-0.05, 0) is 30.9 Å². The second kappa shape index (κ2) is 6.62. The number of rotatable bonds is 5. The molecule has 1 aromatic rings. The van der Waals surface area contributed by atoms with Gasteiger partial charge in [-0.1, -0.05) is 13.8 Å². The zero-order chi connectivity index (χ0) is 15.5. The van der Waals surface area contributed by atoms with Crippen LogP contribution >= 0.6 is 0 Å². The third-order valence-electron chi connectivity index (χ3n) is 4.20. The minimum Gasteiger partial charge on any atom is -0.494 e. The molecule has 21 heavy (non-hydrogen) atoms. The molecule has 1 saturated heterocycles. The maximum atomic E-state index is 13.5. The lowest BCUT2D eigenvalue weighted by molar-refractivity contribution is -0.0357. The van der Waals surface area contributed by atoms with Crippen molar-refractivity contribution >= 4 is 5.69 Å². The molecule has 2 unspecified atom stereocenters. The van der Waals surface area contributed by atoms with Crippen LogP contribution in [-0.4, -0.2) is 31.9 Å². The maximum Gasteiger partial charge on any atom is 0.165 e. The van der Waals surface area contributed by atoms with Crippen LogP contribution in [0.3, 0.4) is 0 Å². The minimum absolute atomic E-state index is 0.192. The first-order chi connectivity index (χ1) is 9.99. The molecule has 1 fully saturated rings. The second-order valence-corrected chi connectivity index (χ2v) is 6.07. The number of anilines is 1. The van der Waals surface area contributed by atoms with Crippen LogP contribution in [0.2, 0.25) is 0 Å². The Bertz CT molecular complexity index is 481. The summed E-state index contributed by atoms with van der Waals surface area (Å²) in [5.41, 5.74) is 6.64. The standard InChI is InChI=1S/C16H25FN2O2/c1-11(2)15-9-16(10-18,6-7-21-15)19-12-4-5-13(17)14(8-12)20-3/h4-5,8,11,15,19H,6-7,9-10,18H2,1-3H3. The molecule has 0 radical (unpaired) electrons. The maximum absolute atomic E-state index is 13.5. The van der Waals surface area contributed by atoms with Gasteiger partial charge < -0.3 is 20.5 Å². The number of ether oxygens (including phenoxy) is 2. The van der Waals surface area contributed by atoms with E-state index in [0.29, 0.717) is 19.1 Å². The summed E-state index contributed by atoms with van der Waals surface area (Å²) in [5, 5.41) is 3.48. The Labute approximate surface area is 125 Å². The summed E-state index contributed by atoms with van der Waals surface area (Å²) in [6, 6.07) is 4.80.